The Labute approximate surface area is 150 Å². The molecule has 1 aliphatic rings. The smallest absolute Gasteiger partial charge is 0.215 e. The molecule has 0 radical (unpaired) electrons. The second-order valence-corrected chi connectivity index (χ2v) is 7.12. The van der Waals surface area contributed by atoms with E-state index in [2.05, 4.69) is 50.3 Å². The molecule has 5 rings (SSSR count). The zero-order valence-corrected chi connectivity index (χ0v) is 14.7. The van der Waals surface area contributed by atoms with Gasteiger partial charge in [0.25, 0.3) is 0 Å². The van der Waals surface area contributed by atoms with E-state index in [1.165, 1.54) is 29.4 Å². The van der Waals surface area contributed by atoms with Gasteiger partial charge in [0.2, 0.25) is 5.82 Å². The topological polar surface area (TPSA) is 81.8 Å². The van der Waals surface area contributed by atoms with Gasteiger partial charge in [-0.2, -0.15) is 0 Å². The maximum atomic E-state index is 5.96. The number of hydrogen-bond acceptors (Lipinski definition) is 5. The van der Waals surface area contributed by atoms with Crippen LogP contribution in [0.5, 0.6) is 5.75 Å². The van der Waals surface area contributed by atoms with Crippen LogP contribution in [0.4, 0.5) is 0 Å². The summed E-state index contributed by atoms with van der Waals surface area (Å²) in [5.41, 5.74) is 2.78. The number of tetrazole rings is 1. The van der Waals surface area contributed by atoms with Crippen molar-refractivity contribution >= 4 is 10.9 Å². The van der Waals surface area contributed by atoms with Gasteiger partial charge in [-0.05, 0) is 59.7 Å². The average Bonchev–Trinajstić information content (AvgIpc) is 3.11. The first-order valence-electron chi connectivity index (χ1n) is 8.67. The van der Waals surface area contributed by atoms with Crippen molar-refractivity contribution < 1.29 is 9.15 Å². The standard InChI is InChI=1S/C19H19N5O2/c1-19(7-8-19)17-10-12-9-13(25-2)3-5-15(12)24(17)11-14-4-6-16(26-14)18-20-22-23-21-18/h3-6,9-10H,7-8,11H2,1-2H3,(H,20,21,22,23). The van der Waals surface area contributed by atoms with Crippen LogP contribution in [0.3, 0.4) is 0 Å². The minimum atomic E-state index is 0.247. The van der Waals surface area contributed by atoms with E-state index in [0.717, 1.165) is 11.5 Å². The second-order valence-electron chi connectivity index (χ2n) is 7.12. The molecule has 132 valence electrons. The highest BCUT2D eigenvalue weighted by molar-refractivity contribution is 5.83. The van der Waals surface area contributed by atoms with Crippen LogP contribution in [-0.2, 0) is 12.0 Å². The lowest BCUT2D eigenvalue weighted by Gasteiger charge is -2.14. The van der Waals surface area contributed by atoms with Gasteiger partial charge in [-0.15, -0.1) is 5.10 Å². The molecule has 7 nitrogen and oxygen atoms in total. The number of nitrogens with zero attached hydrogens (tertiary/aromatic N) is 4. The van der Waals surface area contributed by atoms with E-state index in [4.69, 9.17) is 9.15 Å². The van der Waals surface area contributed by atoms with Gasteiger partial charge < -0.3 is 13.7 Å². The van der Waals surface area contributed by atoms with E-state index in [1.807, 2.05) is 18.2 Å². The van der Waals surface area contributed by atoms with E-state index in [1.54, 1.807) is 7.11 Å². The van der Waals surface area contributed by atoms with Crippen LogP contribution in [0.25, 0.3) is 22.5 Å². The molecule has 0 spiro atoms. The Morgan fingerprint density at radius 3 is 2.85 bits per heavy atom. The molecule has 26 heavy (non-hydrogen) atoms. The summed E-state index contributed by atoms with van der Waals surface area (Å²) in [4.78, 5) is 0. The van der Waals surface area contributed by atoms with Crippen LogP contribution in [-0.4, -0.2) is 32.3 Å². The summed E-state index contributed by atoms with van der Waals surface area (Å²) in [6, 6.07) is 12.4. The third-order valence-electron chi connectivity index (χ3n) is 5.28. The summed E-state index contributed by atoms with van der Waals surface area (Å²) in [7, 11) is 1.70. The first-order chi connectivity index (χ1) is 12.7. The Balaban J connectivity index is 1.57. The maximum Gasteiger partial charge on any atom is 0.215 e. The molecule has 1 saturated carbocycles. The van der Waals surface area contributed by atoms with Crippen LogP contribution >= 0.6 is 0 Å². The molecular weight excluding hydrogens is 330 g/mol. The molecule has 1 N–H and O–H groups in total. The summed E-state index contributed by atoms with van der Waals surface area (Å²) in [5.74, 6) is 2.92. The minimum Gasteiger partial charge on any atom is -0.497 e. The molecule has 3 heterocycles. The van der Waals surface area contributed by atoms with Gasteiger partial charge in [0, 0.05) is 22.0 Å². The number of hydrogen-bond donors (Lipinski definition) is 1. The van der Waals surface area contributed by atoms with Gasteiger partial charge >= 0.3 is 0 Å². The lowest BCUT2D eigenvalue weighted by atomic mass is 10.1. The SMILES string of the molecule is COc1ccc2c(c1)cc(C1(C)CC1)n2Cc1ccc(-c2nnn[nH]2)o1. The number of H-pyrrole nitrogens is 1. The number of aromatic nitrogens is 5. The zero-order chi connectivity index (χ0) is 17.7. The van der Waals surface area contributed by atoms with Crippen molar-refractivity contribution in [1.29, 1.82) is 0 Å². The Kier molecular flexibility index (Phi) is 3.19. The lowest BCUT2D eigenvalue weighted by molar-refractivity contribution is 0.415. The summed E-state index contributed by atoms with van der Waals surface area (Å²) < 4.78 is 13.7. The predicted octanol–water partition coefficient (Wildman–Crippen LogP) is 3.52. The van der Waals surface area contributed by atoms with E-state index in [-0.39, 0.29) is 5.41 Å². The Morgan fingerprint density at radius 2 is 2.12 bits per heavy atom. The van der Waals surface area contributed by atoms with Crippen LogP contribution < -0.4 is 4.74 Å². The van der Waals surface area contributed by atoms with Crippen molar-refractivity contribution in [2.45, 2.75) is 31.7 Å². The third kappa shape index (κ3) is 2.39. The van der Waals surface area contributed by atoms with E-state index in [0.29, 0.717) is 18.1 Å². The molecule has 0 bridgehead atoms. The number of furan rings is 1. The maximum absolute atomic E-state index is 5.96. The molecule has 1 aliphatic carbocycles. The fourth-order valence-electron chi connectivity index (χ4n) is 3.50. The molecule has 7 heteroatoms. The highest BCUT2D eigenvalue weighted by atomic mass is 16.5. The number of aromatic amines is 1. The molecule has 0 unspecified atom stereocenters. The molecule has 3 aromatic heterocycles. The average molecular weight is 349 g/mol. The summed E-state index contributed by atoms with van der Waals surface area (Å²) in [6.45, 7) is 2.99. The summed E-state index contributed by atoms with van der Waals surface area (Å²) in [6.07, 6.45) is 2.43. The third-order valence-corrected chi connectivity index (χ3v) is 5.28. The molecule has 0 atom stereocenters. The number of rotatable bonds is 5. The highest BCUT2D eigenvalue weighted by Crippen LogP contribution is 2.49. The lowest BCUT2D eigenvalue weighted by Crippen LogP contribution is -2.10. The molecule has 0 amide bonds. The second kappa shape index (κ2) is 5.45. The van der Waals surface area contributed by atoms with Crippen LogP contribution in [0.2, 0.25) is 0 Å². The number of benzene rings is 1. The number of ether oxygens (including phenoxy) is 1. The first-order valence-corrected chi connectivity index (χ1v) is 8.67. The monoisotopic (exact) mass is 349 g/mol. The predicted molar refractivity (Wildman–Crippen MR) is 96.1 cm³/mol. The van der Waals surface area contributed by atoms with Gasteiger partial charge in [-0.1, -0.05) is 6.92 Å². The first kappa shape index (κ1) is 15.2. The van der Waals surface area contributed by atoms with Gasteiger partial charge in [0.1, 0.15) is 11.5 Å². The Hall–Kier alpha value is -3.09. The molecule has 4 aromatic rings. The van der Waals surface area contributed by atoms with Crippen molar-refractivity contribution in [2.24, 2.45) is 0 Å². The van der Waals surface area contributed by atoms with E-state index < -0.39 is 0 Å². The van der Waals surface area contributed by atoms with E-state index >= 15 is 0 Å². The summed E-state index contributed by atoms with van der Waals surface area (Å²) in [5, 5.41) is 15.0. The number of nitrogens with one attached hydrogen (secondary N) is 1. The van der Waals surface area contributed by atoms with E-state index in [9.17, 15) is 0 Å². The van der Waals surface area contributed by atoms with Crippen molar-refractivity contribution in [3.63, 3.8) is 0 Å². The minimum absolute atomic E-state index is 0.247. The van der Waals surface area contributed by atoms with Crippen LogP contribution in [0, 0.1) is 0 Å². The van der Waals surface area contributed by atoms with Crippen LogP contribution in [0.1, 0.15) is 31.2 Å². The fourth-order valence-corrected chi connectivity index (χ4v) is 3.50. The molecule has 1 aromatic carbocycles. The highest BCUT2D eigenvalue weighted by Gasteiger charge is 2.42. The van der Waals surface area contributed by atoms with Gasteiger partial charge in [0.15, 0.2) is 5.76 Å². The molecular formula is C19H19N5O2. The fraction of sp³-hybridized carbons (Fsp3) is 0.316. The Bertz CT molecular complexity index is 1070. The van der Waals surface area contributed by atoms with Crippen molar-refractivity contribution in [1.82, 2.24) is 25.2 Å². The quantitative estimate of drug-likeness (QED) is 0.596. The van der Waals surface area contributed by atoms with Gasteiger partial charge in [-0.3, -0.25) is 0 Å². The molecule has 0 saturated heterocycles. The van der Waals surface area contributed by atoms with Crippen molar-refractivity contribution in [2.75, 3.05) is 7.11 Å². The van der Waals surface area contributed by atoms with Crippen LogP contribution in [0.15, 0.2) is 40.8 Å². The zero-order valence-electron chi connectivity index (χ0n) is 14.7. The Morgan fingerprint density at radius 1 is 1.23 bits per heavy atom. The molecule has 1 fully saturated rings. The van der Waals surface area contributed by atoms with Gasteiger partial charge in [0.05, 0.1) is 13.7 Å². The largest absolute Gasteiger partial charge is 0.497 e. The van der Waals surface area contributed by atoms with Gasteiger partial charge in [-0.25, -0.2) is 5.10 Å². The molecule has 0 aliphatic heterocycles. The number of methoxy groups -OCH3 is 1. The number of fused-ring (bicyclic) bond motifs is 1. The van der Waals surface area contributed by atoms with Crippen molar-refractivity contribution in [3.05, 3.63) is 47.9 Å². The van der Waals surface area contributed by atoms with Crippen molar-refractivity contribution in [3.8, 4) is 17.3 Å². The normalized spacial score (nSPS) is 15.5. The summed E-state index contributed by atoms with van der Waals surface area (Å²) >= 11 is 0.